The number of carbonyl (C=O) groups excluding carboxylic acids is 2. The number of alkyl halides is 6. The predicted octanol–water partition coefficient (Wildman–Crippen LogP) is 10.0. The van der Waals surface area contributed by atoms with Gasteiger partial charge in [0.1, 0.15) is 11.9 Å². The highest BCUT2D eigenvalue weighted by Gasteiger charge is 2.44. The predicted molar refractivity (Wildman–Crippen MR) is 166 cm³/mol. The molecular weight excluding hydrogens is 678 g/mol. The van der Waals surface area contributed by atoms with E-state index in [1.165, 1.54) is 31.1 Å². The van der Waals surface area contributed by atoms with E-state index in [9.17, 15) is 40.3 Å². The number of halogens is 8. The van der Waals surface area contributed by atoms with Gasteiger partial charge in [-0.2, -0.15) is 26.3 Å². The molecule has 1 saturated heterocycles. The molecule has 3 aromatic rings. The van der Waals surface area contributed by atoms with Gasteiger partial charge in [0.15, 0.2) is 11.6 Å². The van der Waals surface area contributed by atoms with Crippen LogP contribution in [0.15, 0.2) is 54.1 Å². The van der Waals surface area contributed by atoms with Crippen molar-refractivity contribution in [3.8, 4) is 16.9 Å². The van der Waals surface area contributed by atoms with E-state index in [4.69, 9.17) is 9.47 Å². The fourth-order valence-corrected chi connectivity index (χ4v) is 6.55. The maximum Gasteiger partial charge on any atom is 0.416 e. The first kappa shape index (κ1) is 36.7. The van der Waals surface area contributed by atoms with Crippen LogP contribution in [-0.4, -0.2) is 43.8 Å². The lowest BCUT2D eigenvalue weighted by Gasteiger charge is -2.36. The largest absolute Gasteiger partial charge is 0.496 e. The third kappa shape index (κ3) is 7.15. The minimum atomic E-state index is -5.08. The van der Waals surface area contributed by atoms with Crippen molar-refractivity contribution >= 4 is 17.6 Å². The quantitative estimate of drug-likeness (QED) is 0.180. The number of benzene rings is 3. The number of methoxy groups -OCH3 is 2. The van der Waals surface area contributed by atoms with Gasteiger partial charge in [-0.1, -0.05) is 26.0 Å². The highest BCUT2D eigenvalue weighted by atomic mass is 19.4. The Balaban J connectivity index is 1.56. The standard InChI is InChI=1S/C36H33F8NO5/c1-18-31(20-12-22(35(39,40)41)15-23(13-20)36(42,43)44)50-33(47)45(18)17-21-16-34(2,3)11-10-24(21)27-14-19(6-9-28(27)48-4)25-7-8-26(32(46)49-5)30(38)29(25)37/h6-9,12-15,18,31H,10-11,16-17H2,1-5H3/t18-,31?/m0/s1. The second-order valence-corrected chi connectivity index (χ2v) is 13.1. The average molecular weight is 712 g/mol. The summed E-state index contributed by atoms with van der Waals surface area (Å²) in [7, 11) is 2.46. The van der Waals surface area contributed by atoms with E-state index < -0.39 is 70.4 Å². The zero-order chi connectivity index (χ0) is 36.9. The molecule has 268 valence electrons. The monoisotopic (exact) mass is 711 g/mol. The molecule has 0 N–H and O–H groups in total. The number of esters is 1. The molecule has 0 radical (unpaired) electrons. The number of hydrogen-bond acceptors (Lipinski definition) is 5. The molecule has 1 aliphatic carbocycles. The van der Waals surface area contributed by atoms with Crippen LogP contribution < -0.4 is 4.74 Å². The van der Waals surface area contributed by atoms with Gasteiger partial charge in [0.2, 0.25) is 0 Å². The van der Waals surface area contributed by atoms with Crippen LogP contribution in [0.4, 0.5) is 39.9 Å². The second-order valence-electron chi connectivity index (χ2n) is 13.1. The minimum absolute atomic E-state index is 0.0131. The number of nitrogens with zero attached hydrogens (tertiary/aromatic N) is 1. The molecule has 1 heterocycles. The van der Waals surface area contributed by atoms with Crippen molar-refractivity contribution in [2.75, 3.05) is 20.8 Å². The zero-order valence-electron chi connectivity index (χ0n) is 27.6. The Morgan fingerprint density at radius 3 is 2.14 bits per heavy atom. The van der Waals surface area contributed by atoms with Crippen molar-refractivity contribution in [1.82, 2.24) is 4.90 Å². The van der Waals surface area contributed by atoms with E-state index in [-0.39, 0.29) is 29.2 Å². The van der Waals surface area contributed by atoms with Crippen molar-refractivity contribution in [3.05, 3.63) is 93.6 Å². The third-order valence-electron chi connectivity index (χ3n) is 9.19. The molecule has 2 atom stereocenters. The lowest BCUT2D eigenvalue weighted by molar-refractivity contribution is -0.143. The summed E-state index contributed by atoms with van der Waals surface area (Å²) >= 11 is 0. The van der Waals surface area contributed by atoms with Gasteiger partial charge in [-0.05, 0) is 90.3 Å². The van der Waals surface area contributed by atoms with Gasteiger partial charge < -0.3 is 14.2 Å². The third-order valence-corrected chi connectivity index (χ3v) is 9.19. The summed E-state index contributed by atoms with van der Waals surface area (Å²) < 4.78 is 127. The lowest BCUT2D eigenvalue weighted by atomic mass is 9.72. The van der Waals surface area contributed by atoms with Crippen LogP contribution in [0.1, 0.15) is 78.7 Å². The number of ether oxygens (including phenoxy) is 3. The summed E-state index contributed by atoms with van der Waals surface area (Å²) in [4.78, 5) is 26.4. The number of carbonyl (C=O) groups is 2. The summed E-state index contributed by atoms with van der Waals surface area (Å²) in [5, 5.41) is 0. The van der Waals surface area contributed by atoms with E-state index in [2.05, 4.69) is 4.74 Å². The Labute approximate surface area is 282 Å². The Morgan fingerprint density at radius 2 is 1.56 bits per heavy atom. The average Bonchev–Trinajstić information content (AvgIpc) is 3.32. The molecule has 0 bridgehead atoms. The van der Waals surface area contributed by atoms with E-state index in [0.29, 0.717) is 48.3 Å². The molecular formula is C36H33F8NO5. The first-order valence-electron chi connectivity index (χ1n) is 15.5. The Hall–Kier alpha value is -4.62. The zero-order valence-corrected chi connectivity index (χ0v) is 27.6. The second kappa shape index (κ2) is 13.3. The Kier molecular flexibility index (Phi) is 9.72. The molecule has 0 saturated carbocycles. The number of amides is 1. The first-order valence-corrected chi connectivity index (χ1v) is 15.5. The number of rotatable bonds is 7. The van der Waals surface area contributed by atoms with Gasteiger partial charge in [0.05, 0.1) is 37.0 Å². The minimum Gasteiger partial charge on any atom is -0.496 e. The van der Waals surface area contributed by atoms with Crippen LogP contribution in [0.5, 0.6) is 5.75 Å². The summed E-state index contributed by atoms with van der Waals surface area (Å²) in [5.74, 6) is -3.32. The van der Waals surface area contributed by atoms with E-state index >= 15 is 4.39 Å². The van der Waals surface area contributed by atoms with Crippen LogP contribution in [0.25, 0.3) is 16.7 Å². The van der Waals surface area contributed by atoms with Crippen molar-refractivity contribution in [2.24, 2.45) is 5.41 Å². The molecule has 1 unspecified atom stereocenters. The molecule has 50 heavy (non-hydrogen) atoms. The summed E-state index contributed by atoms with van der Waals surface area (Å²) in [5.41, 5.74) is -2.28. The highest BCUT2D eigenvalue weighted by Crippen LogP contribution is 2.47. The van der Waals surface area contributed by atoms with Gasteiger partial charge >= 0.3 is 24.4 Å². The van der Waals surface area contributed by atoms with Crippen LogP contribution in [-0.2, 0) is 21.8 Å². The fourth-order valence-electron chi connectivity index (χ4n) is 6.55. The highest BCUT2D eigenvalue weighted by molar-refractivity contribution is 5.90. The molecule has 3 aromatic carbocycles. The first-order chi connectivity index (χ1) is 23.3. The van der Waals surface area contributed by atoms with Crippen molar-refractivity contribution in [1.29, 1.82) is 0 Å². The van der Waals surface area contributed by atoms with Crippen molar-refractivity contribution in [3.63, 3.8) is 0 Å². The molecule has 1 fully saturated rings. The smallest absolute Gasteiger partial charge is 0.416 e. The SMILES string of the molecule is COC(=O)c1ccc(-c2ccc(OC)c(C3=C(CN4C(=O)OC(c5cc(C(F)(F)F)cc(C(F)(F)F)c5)[C@@H]4C)CC(C)(C)CC3)c2)c(F)c1F. The van der Waals surface area contributed by atoms with Gasteiger partial charge in [-0.3, -0.25) is 4.90 Å². The number of allylic oxidation sites excluding steroid dienone is 1. The lowest BCUT2D eigenvalue weighted by Crippen LogP contribution is -2.35. The summed E-state index contributed by atoms with van der Waals surface area (Å²) in [6, 6.07) is 7.18. The summed E-state index contributed by atoms with van der Waals surface area (Å²) in [6.45, 7) is 5.42. The molecule has 2 aliphatic rings. The molecule has 1 amide bonds. The number of hydrogen-bond donors (Lipinski definition) is 0. The molecule has 0 spiro atoms. The van der Waals surface area contributed by atoms with Gasteiger partial charge in [0.25, 0.3) is 0 Å². The van der Waals surface area contributed by atoms with E-state index in [1.807, 2.05) is 13.8 Å². The Bertz CT molecular complexity index is 1830. The fraction of sp³-hybridized carbons (Fsp3) is 0.389. The maximum atomic E-state index is 15.3. The maximum absolute atomic E-state index is 15.3. The Morgan fingerprint density at radius 1 is 0.920 bits per heavy atom. The molecule has 6 nitrogen and oxygen atoms in total. The van der Waals surface area contributed by atoms with Gasteiger partial charge in [-0.15, -0.1) is 0 Å². The van der Waals surface area contributed by atoms with Crippen LogP contribution >= 0.6 is 0 Å². The molecule has 5 rings (SSSR count). The molecule has 0 aromatic heterocycles. The van der Waals surface area contributed by atoms with Crippen molar-refractivity contribution < 1.29 is 58.9 Å². The van der Waals surface area contributed by atoms with Crippen molar-refractivity contribution in [2.45, 2.75) is 64.5 Å². The van der Waals surface area contributed by atoms with Crippen LogP contribution in [0, 0.1) is 17.0 Å². The van der Waals surface area contributed by atoms with Gasteiger partial charge in [0, 0.05) is 17.7 Å². The molecule has 1 aliphatic heterocycles. The van der Waals surface area contributed by atoms with Crippen LogP contribution in [0.3, 0.4) is 0 Å². The van der Waals surface area contributed by atoms with E-state index in [0.717, 1.165) is 18.7 Å². The number of cyclic esters (lactones) is 1. The van der Waals surface area contributed by atoms with Crippen LogP contribution in [0.2, 0.25) is 0 Å². The summed E-state index contributed by atoms with van der Waals surface area (Å²) in [6.07, 6.45) is -10.9. The van der Waals surface area contributed by atoms with E-state index in [1.54, 1.807) is 12.1 Å². The van der Waals surface area contributed by atoms with Gasteiger partial charge in [-0.25, -0.2) is 18.4 Å². The normalized spacial score (nSPS) is 19.5. The molecule has 14 heteroatoms. The topological polar surface area (TPSA) is 65.1 Å².